The third kappa shape index (κ3) is 8.55. The van der Waals surface area contributed by atoms with Gasteiger partial charge < -0.3 is 20.9 Å². The Kier molecular flexibility index (Phi) is 11.6. The molecule has 0 bridgehead atoms. The normalized spacial score (nSPS) is 18.4. The zero-order valence-corrected chi connectivity index (χ0v) is 18.2. The molecule has 7 nitrogen and oxygen atoms in total. The third-order valence-corrected chi connectivity index (χ3v) is 4.76. The molecular weight excluding hydrogens is 445 g/mol. The van der Waals surface area contributed by atoms with Gasteiger partial charge in [-0.05, 0) is 32.6 Å². The van der Waals surface area contributed by atoms with Gasteiger partial charge in [0.15, 0.2) is 5.96 Å². The van der Waals surface area contributed by atoms with Gasteiger partial charge in [-0.3, -0.25) is 9.59 Å². The van der Waals surface area contributed by atoms with E-state index in [4.69, 9.17) is 0 Å². The van der Waals surface area contributed by atoms with Crippen molar-refractivity contribution in [3.8, 4) is 0 Å². The van der Waals surface area contributed by atoms with Gasteiger partial charge in [0.25, 0.3) is 0 Å². The van der Waals surface area contributed by atoms with Crippen LogP contribution in [-0.4, -0.2) is 61.4 Å². The first kappa shape index (κ1) is 23.0. The maximum atomic E-state index is 12.0. The first-order valence-electron chi connectivity index (χ1n) is 9.78. The van der Waals surface area contributed by atoms with Gasteiger partial charge in [0.2, 0.25) is 11.8 Å². The lowest BCUT2D eigenvalue weighted by Gasteiger charge is -2.22. The minimum absolute atomic E-state index is 0. The highest BCUT2D eigenvalue weighted by Crippen LogP contribution is 2.17. The Balaban J connectivity index is 0.00000338. The smallest absolute Gasteiger partial charge is 0.242 e. The highest BCUT2D eigenvalue weighted by molar-refractivity contribution is 14.0. The summed E-state index contributed by atoms with van der Waals surface area (Å²) in [6, 6.07) is 0.324. The Morgan fingerprint density at radius 2 is 1.96 bits per heavy atom. The van der Waals surface area contributed by atoms with E-state index < -0.39 is 0 Å². The Bertz CT molecular complexity index is 466. The summed E-state index contributed by atoms with van der Waals surface area (Å²) < 4.78 is 0. The van der Waals surface area contributed by atoms with Gasteiger partial charge in [-0.25, -0.2) is 4.99 Å². The summed E-state index contributed by atoms with van der Waals surface area (Å²) in [5.41, 5.74) is 0. The number of halogens is 1. The number of likely N-dealkylation sites (tertiary alicyclic amines) is 1. The minimum Gasteiger partial charge on any atom is -0.357 e. The Morgan fingerprint density at radius 1 is 1.19 bits per heavy atom. The average Bonchev–Trinajstić information content (AvgIpc) is 3.02. The molecule has 0 radical (unpaired) electrons. The number of hydrogen-bond acceptors (Lipinski definition) is 3. The topological polar surface area (TPSA) is 85.8 Å². The second kappa shape index (κ2) is 13.2. The molecule has 1 saturated heterocycles. The molecule has 2 aliphatic rings. The molecule has 3 N–H and O–H groups in total. The maximum absolute atomic E-state index is 12.0. The molecule has 0 unspecified atom stereocenters. The average molecular weight is 479 g/mol. The lowest BCUT2D eigenvalue weighted by Crippen LogP contribution is -2.41. The second-order valence-electron chi connectivity index (χ2n) is 6.86. The van der Waals surface area contributed by atoms with E-state index in [0.717, 1.165) is 51.9 Å². The zero-order chi connectivity index (χ0) is 17.9. The van der Waals surface area contributed by atoms with Crippen molar-refractivity contribution >= 4 is 41.8 Å². The van der Waals surface area contributed by atoms with Gasteiger partial charge in [-0.2, -0.15) is 0 Å². The minimum atomic E-state index is -0.00762. The summed E-state index contributed by atoms with van der Waals surface area (Å²) >= 11 is 0. The van der Waals surface area contributed by atoms with Crippen molar-refractivity contribution in [2.24, 2.45) is 4.99 Å². The number of hydrogen-bond donors (Lipinski definition) is 3. The molecule has 8 heteroatoms. The number of rotatable bonds is 8. The highest BCUT2D eigenvalue weighted by Gasteiger charge is 2.19. The number of nitrogens with one attached hydrogen (secondary N) is 3. The number of aliphatic imine (C=N–C) groups is 1. The number of nitrogens with zero attached hydrogens (tertiary/aromatic N) is 2. The molecule has 1 aliphatic heterocycles. The van der Waals surface area contributed by atoms with Crippen molar-refractivity contribution < 1.29 is 9.59 Å². The van der Waals surface area contributed by atoms with Crippen molar-refractivity contribution in [1.82, 2.24) is 20.9 Å². The Labute approximate surface area is 174 Å². The molecule has 1 saturated carbocycles. The first-order chi connectivity index (χ1) is 12.2. The lowest BCUT2D eigenvalue weighted by molar-refractivity contribution is -0.127. The van der Waals surface area contributed by atoms with Crippen molar-refractivity contribution in [3.05, 3.63) is 0 Å². The molecule has 2 amide bonds. The number of carbonyl (C=O) groups is 2. The van der Waals surface area contributed by atoms with Crippen LogP contribution >= 0.6 is 24.0 Å². The third-order valence-electron chi connectivity index (χ3n) is 4.76. The summed E-state index contributed by atoms with van der Waals surface area (Å²) in [5, 5.41) is 9.48. The van der Waals surface area contributed by atoms with Crippen LogP contribution in [0.5, 0.6) is 0 Å². The summed E-state index contributed by atoms with van der Waals surface area (Å²) in [7, 11) is 0. The van der Waals surface area contributed by atoms with Gasteiger partial charge in [0.05, 0.1) is 0 Å². The summed E-state index contributed by atoms with van der Waals surface area (Å²) in [4.78, 5) is 29.9. The fourth-order valence-corrected chi connectivity index (χ4v) is 3.43. The molecule has 0 atom stereocenters. The Hall–Kier alpha value is -1.06. The molecule has 0 aromatic rings. The zero-order valence-electron chi connectivity index (χ0n) is 15.9. The van der Waals surface area contributed by atoms with E-state index in [1.54, 1.807) is 0 Å². The molecule has 0 aromatic carbocycles. The monoisotopic (exact) mass is 479 g/mol. The molecule has 150 valence electrons. The summed E-state index contributed by atoms with van der Waals surface area (Å²) in [6.45, 7) is 5.31. The van der Waals surface area contributed by atoms with Crippen LogP contribution < -0.4 is 16.0 Å². The van der Waals surface area contributed by atoms with Gasteiger partial charge >= 0.3 is 0 Å². The van der Waals surface area contributed by atoms with E-state index in [2.05, 4.69) is 20.9 Å². The standard InChI is InChI=1S/C18H33N5O2.HI/c1-2-19-18(20-11-7-13-23-12-6-10-17(23)25)21-14-16(24)22-15-8-4-3-5-9-15;/h15H,2-14H2,1H3,(H,22,24)(H2,19,20,21);1H. The van der Waals surface area contributed by atoms with Gasteiger partial charge in [0, 0.05) is 38.6 Å². The van der Waals surface area contributed by atoms with E-state index in [0.29, 0.717) is 18.4 Å². The first-order valence-corrected chi connectivity index (χ1v) is 9.78. The second-order valence-corrected chi connectivity index (χ2v) is 6.86. The van der Waals surface area contributed by atoms with E-state index in [-0.39, 0.29) is 42.3 Å². The molecule has 26 heavy (non-hydrogen) atoms. The van der Waals surface area contributed by atoms with Gasteiger partial charge in [0.1, 0.15) is 6.54 Å². The van der Waals surface area contributed by atoms with Crippen molar-refractivity contribution in [2.75, 3.05) is 32.7 Å². The number of amides is 2. The maximum Gasteiger partial charge on any atom is 0.242 e. The summed E-state index contributed by atoms with van der Waals surface area (Å²) in [5.74, 6) is 0.917. The largest absolute Gasteiger partial charge is 0.357 e. The van der Waals surface area contributed by atoms with Crippen LogP contribution in [0.15, 0.2) is 4.99 Å². The van der Waals surface area contributed by atoms with E-state index in [1.807, 2.05) is 11.8 Å². The molecule has 2 rings (SSSR count). The quantitative estimate of drug-likeness (QED) is 0.214. The highest BCUT2D eigenvalue weighted by atomic mass is 127. The molecular formula is C18H34IN5O2. The van der Waals surface area contributed by atoms with Crippen molar-refractivity contribution in [3.63, 3.8) is 0 Å². The fourth-order valence-electron chi connectivity index (χ4n) is 3.43. The van der Waals surface area contributed by atoms with Crippen LogP contribution in [0.1, 0.15) is 58.3 Å². The lowest BCUT2D eigenvalue weighted by atomic mass is 9.95. The van der Waals surface area contributed by atoms with E-state index >= 15 is 0 Å². The Morgan fingerprint density at radius 3 is 2.62 bits per heavy atom. The summed E-state index contributed by atoms with van der Waals surface area (Å²) in [6.07, 6.45) is 8.41. The fraction of sp³-hybridized carbons (Fsp3) is 0.833. The molecule has 2 fully saturated rings. The van der Waals surface area contributed by atoms with Gasteiger partial charge in [-0.15, -0.1) is 24.0 Å². The molecule has 1 heterocycles. The van der Waals surface area contributed by atoms with Crippen molar-refractivity contribution in [1.29, 1.82) is 0 Å². The predicted octanol–water partition coefficient (Wildman–Crippen LogP) is 1.62. The van der Waals surface area contributed by atoms with E-state index in [1.165, 1.54) is 19.3 Å². The van der Waals surface area contributed by atoms with E-state index in [9.17, 15) is 9.59 Å². The predicted molar refractivity (Wildman–Crippen MR) is 115 cm³/mol. The van der Waals surface area contributed by atoms with Crippen LogP contribution in [0, 0.1) is 0 Å². The number of carbonyl (C=O) groups excluding carboxylic acids is 2. The van der Waals surface area contributed by atoms with Gasteiger partial charge in [-0.1, -0.05) is 19.3 Å². The SMILES string of the molecule is CCNC(=NCC(=O)NC1CCCCC1)NCCCN1CCCC1=O.I. The van der Waals surface area contributed by atoms with Crippen LogP contribution in [0.4, 0.5) is 0 Å². The van der Waals surface area contributed by atoms with Crippen molar-refractivity contribution in [2.45, 2.75) is 64.3 Å². The molecule has 0 aromatic heterocycles. The molecule has 0 spiro atoms. The number of guanidine groups is 1. The van der Waals surface area contributed by atoms with Crippen LogP contribution in [0.3, 0.4) is 0 Å². The van der Waals surface area contributed by atoms with Crippen LogP contribution in [-0.2, 0) is 9.59 Å². The van der Waals surface area contributed by atoms with Crippen LogP contribution in [0.25, 0.3) is 0 Å². The molecule has 1 aliphatic carbocycles. The van der Waals surface area contributed by atoms with Crippen LogP contribution in [0.2, 0.25) is 0 Å².